The molecule has 0 unspecified atom stereocenters. The summed E-state index contributed by atoms with van der Waals surface area (Å²) < 4.78 is 41.0. The Kier molecular flexibility index (Phi) is 6.07. The number of halogens is 1. The van der Waals surface area contributed by atoms with Gasteiger partial charge in [0, 0.05) is 30.8 Å². The van der Waals surface area contributed by atoms with Crippen LogP contribution in [0.3, 0.4) is 0 Å². The maximum absolute atomic E-state index is 13.2. The van der Waals surface area contributed by atoms with Gasteiger partial charge in [-0.3, -0.25) is 9.71 Å². The second-order valence-electron chi connectivity index (χ2n) is 7.85. The zero-order valence-electron chi connectivity index (χ0n) is 18.0. The monoisotopic (exact) mass is 496 g/mol. The molecule has 2 aromatic carbocycles. The molecule has 1 fully saturated rings. The van der Waals surface area contributed by atoms with Gasteiger partial charge in [-0.1, -0.05) is 41.9 Å². The average molecular weight is 497 g/mol. The number of aromatic nitrogens is 3. The zero-order valence-corrected chi connectivity index (χ0v) is 19.6. The molecule has 1 aliphatic heterocycles. The fourth-order valence-electron chi connectivity index (χ4n) is 3.93. The summed E-state index contributed by atoms with van der Waals surface area (Å²) in [5.41, 5.74) is 1.16. The highest BCUT2D eigenvalue weighted by molar-refractivity contribution is 7.92. The number of pyridine rings is 1. The first-order chi connectivity index (χ1) is 16.5. The Balaban J connectivity index is 1.62. The van der Waals surface area contributed by atoms with E-state index in [4.69, 9.17) is 21.1 Å². The van der Waals surface area contributed by atoms with Crippen LogP contribution in [0, 0.1) is 0 Å². The third-order valence-electron chi connectivity index (χ3n) is 5.68. The molecule has 1 N–H and O–H groups in total. The molecule has 34 heavy (non-hydrogen) atoms. The number of rotatable bonds is 6. The van der Waals surface area contributed by atoms with Crippen molar-refractivity contribution in [3.8, 4) is 5.88 Å². The Morgan fingerprint density at radius 1 is 0.941 bits per heavy atom. The summed E-state index contributed by atoms with van der Waals surface area (Å²) >= 11 is 6.16. The molecular weight excluding hydrogens is 476 g/mol. The maximum atomic E-state index is 13.2. The van der Waals surface area contributed by atoms with E-state index in [1.54, 1.807) is 42.7 Å². The summed E-state index contributed by atoms with van der Waals surface area (Å²) in [6, 6.07) is 17.2. The quantitative estimate of drug-likeness (QED) is 0.417. The fraction of sp³-hybridized carbons (Fsp3) is 0.208. The van der Waals surface area contributed by atoms with E-state index in [1.807, 2.05) is 18.2 Å². The number of benzene rings is 2. The van der Waals surface area contributed by atoms with Gasteiger partial charge < -0.3 is 9.47 Å². The third kappa shape index (κ3) is 4.42. The zero-order chi connectivity index (χ0) is 23.6. The van der Waals surface area contributed by atoms with Crippen LogP contribution in [0.5, 0.6) is 5.88 Å². The molecule has 0 amide bonds. The maximum Gasteiger partial charge on any atom is 0.264 e. The largest absolute Gasteiger partial charge is 0.463 e. The lowest BCUT2D eigenvalue weighted by Crippen LogP contribution is -2.40. The topological polar surface area (TPSA) is 103 Å². The Morgan fingerprint density at radius 3 is 2.35 bits per heavy atom. The first-order valence-electron chi connectivity index (χ1n) is 10.7. The van der Waals surface area contributed by atoms with E-state index in [0.29, 0.717) is 37.1 Å². The van der Waals surface area contributed by atoms with Crippen LogP contribution in [0.4, 0.5) is 5.82 Å². The number of nitrogens with zero attached hydrogens (tertiary/aromatic N) is 3. The van der Waals surface area contributed by atoms with Crippen molar-refractivity contribution in [3.63, 3.8) is 0 Å². The summed E-state index contributed by atoms with van der Waals surface area (Å²) in [7, 11) is -4.06. The minimum Gasteiger partial charge on any atom is -0.463 e. The van der Waals surface area contributed by atoms with Gasteiger partial charge in [0.15, 0.2) is 0 Å². The van der Waals surface area contributed by atoms with Crippen molar-refractivity contribution in [1.29, 1.82) is 0 Å². The molecule has 8 nitrogen and oxygen atoms in total. The Labute approximate surface area is 202 Å². The highest BCUT2D eigenvalue weighted by Gasteiger charge is 2.39. The summed E-state index contributed by atoms with van der Waals surface area (Å²) in [6.45, 7) is 0.965. The predicted octanol–water partition coefficient (Wildman–Crippen LogP) is 4.56. The number of ether oxygens (including phenoxy) is 2. The highest BCUT2D eigenvalue weighted by atomic mass is 35.5. The van der Waals surface area contributed by atoms with Crippen LogP contribution in [0.2, 0.25) is 5.02 Å². The molecule has 1 saturated heterocycles. The standard InChI is InChI=1S/C24H21ClN4O4S/c25-18-7-1-4-10-21(18)34(30,31)29-22-23(28-20-9-3-2-8-19(20)27-22)33-24(11-14-32-15-12-24)17-6-5-13-26-16-17/h1-10,13,16H,11-12,14-15H2,(H,27,29). The van der Waals surface area contributed by atoms with Crippen LogP contribution in [0.15, 0.2) is 78.0 Å². The molecule has 174 valence electrons. The summed E-state index contributed by atoms with van der Waals surface area (Å²) in [5, 5.41) is 0.0995. The van der Waals surface area contributed by atoms with E-state index in [0.717, 1.165) is 5.56 Å². The first kappa shape index (κ1) is 22.5. The molecule has 10 heteroatoms. The Bertz CT molecular complexity index is 1430. The van der Waals surface area contributed by atoms with Crippen LogP contribution >= 0.6 is 11.6 Å². The Hall–Kier alpha value is -3.27. The van der Waals surface area contributed by atoms with Crippen molar-refractivity contribution in [2.75, 3.05) is 17.9 Å². The van der Waals surface area contributed by atoms with Crippen LogP contribution in [-0.4, -0.2) is 36.6 Å². The van der Waals surface area contributed by atoms with Crippen LogP contribution in [0.1, 0.15) is 18.4 Å². The van der Waals surface area contributed by atoms with Crippen molar-refractivity contribution < 1.29 is 17.9 Å². The number of para-hydroxylation sites is 2. The van der Waals surface area contributed by atoms with Crippen molar-refractivity contribution in [3.05, 3.63) is 83.6 Å². The fourth-order valence-corrected chi connectivity index (χ4v) is 5.45. The van der Waals surface area contributed by atoms with Gasteiger partial charge in [-0.15, -0.1) is 0 Å². The Morgan fingerprint density at radius 2 is 1.65 bits per heavy atom. The molecule has 4 aromatic rings. The minimum atomic E-state index is -4.06. The van der Waals surface area contributed by atoms with Crippen LogP contribution < -0.4 is 9.46 Å². The number of anilines is 1. The van der Waals surface area contributed by atoms with Gasteiger partial charge in [-0.25, -0.2) is 18.4 Å². The second-order valence-corrected chi connectivity index (χ2v) is 9.91. The van der Waals surface area contributed by atoms with Gasteiger partial charge >= 0.3 is 0 Å². The number of hydrogen-bond acceptors (Lipinski definition) is 7. The smallest absolute Gasteiger partial charge is 0.264 e. The van der Waals surface area contributed by atoms with Crippen LogP contribution in [0.25, 0.3) is 11.0 Å². The average Bonchev–Trinajstić information content (AvgIpc) is 2.85. The van der Waals surface area contributed by atoms with E-state index >= 15 is 0 Å². The van der Waals surface area contributed by atoms with Gasteiger partial charge in [0.25, 0.3) is 15.9 Å². The van der Waals surface area contributed by atoms with Gasteiger partial charge in [0.1, 0.15) is 10.5 Å². The lowest BCUT2D eigenvalue weighted by Gasteiger charge is -2.37. The minimum absolute atomic E-state index is 0.0200. The van der Waals surface area contributed by atoms with Crippen molar-refractivity contribution in [2.45, 2.75) is 23.3 Å². The van der Waals surface area contributed by atoms with E-state index in [-0.39, 0.29) is 21.6 Å². The summed E-state index contributed by atoms with van der Waals surface area (Å²) in [4.78, 5) is 13.4. The highest BCUT2D eigenvalue weighted by Crippen LogP contribution is 2.39. The lowest BCUT2D eigenvalue weighted by molar-refractivity contribution is -0.0521. The molecule has 0 saturated carbocycles. The molecule has 0 atom stereocenters. The third-order valence-corrected chi connectivity index (χ3v) is 7.51. The molecule has 0 spiro atoms. The molecule has 3 heterocycles. The molecule has 1 aliphatic rings. The van der Waals surface area contributed by atoms with E-state index < -0.39 is 15.6 Å². The normalized spacial score (nSPS) is 15.7. The molecule has 0 aliphatic carbocycles. The lowest BCUT2D eigenvalue weighted by atomic mass is 9.87. The summed E-state index contributed by atoms with van der Waals surface area (Å²) in [5.74, 6) is 0.0495. The van der Waals surface area contributed by atoms with Gasteiger partial charge in [0.05, 0.1) is 29.3 Å². The van der Waals surface area contributed by atoms with E-state index in [9.17, 15) is 8.42 Å². The molecule has 2 aromatic heterocycles. The number of sulfonamides is 1. The molecule has 5 rings (SSSR count). The first-order valence-corrected chi connectivity index (χ1v) is 12.5. The van der Waals surface area contributed by atoms with Gasteiger partial charge in [-0.05, 0) is 30.3 Å². The summed E-state index contributed by atoms with van der Waals surface area (Å²) in [6.07, 6.45) is 4.52. The molecular formula is C24H21ClN4O4S. The second kappa shape index (κ2) is 9.17. The van der Waals surface area contributed by atoms with Crippen molar-refractivity contribution in [1.82, 2.24) is 15.0 Å². The SMILES string of the molecule is O=S(=O)(Nc1nc2ccccc2nc1OC1(c2cccnc2)CCOCC1)c1ccccc1Cl. The van der Waals surface area contributed by atoms with Crippen LogP contribution in [-0.2, 0) is 20.4 Å². The molecule has 0 radical (unpaired) electrons. The predicted molar refractivity (Wildman–Crippen MR) is 128 cm³/mol. The number of nitrogens with one attached hydrogen (secondary N) is 1. The van der Waals surface area contributed by atoms with E-state index in [2.05, 4.69) is 19.7 Å². The van der Waals surface area contributed by atoms with Crippen molar-refractivity contribution in [2.24, 2.45) is 0 Å². The number of hydrogen-bond donors (Lipinski definition) is 1. The van der Waals surface area contributed by atoms with Gasteiger partial charge in [0.2, 0.25) is 5.82 Å². The van der Waals surface area contributed by atoms with E-state index in [1.165, 1.54) is 12.1 Å². The number of fused-ring (bicyclic) bond motifs is 1. The van der Waals surface area contributed by atoms with Gasteiger partial charge in [-0.2, -0.15) is 0 Å². The van der Waals surface area contributed by atoms with Crippen molar-refractivity contribution >= 4 is 38.5 Å². The molecule has 0 bridgehead atoms.